The minimum atomic E-state index is -1.64. The molecule has 1 atom stereocenters. The maximum absolute atomic E-state index is 12.9. The van der Waals surface area contributed by atoms with Gasteiger partial charge in [0.15, 0.2) is 0 Å². The third-order valence-electron chi connectivity index (χ3n) is 3.41. The Labute approximate surface area is 122 Å². The van der Waals surface area contributed by atoms with Crippen LogP contribution in [0.15, 0.2) is 42.9 Å². The van der Waals surface area contributed by atoms with Crippen molar-refractivity contribution in [3.63, 3.8) is 0 Å². The number of hydrogen-bond donors (Lipinski definition) is 1. The van der Waals surface area contributed by atoms with Crippen molar-refractivity contribution < 1.29 is 9.53 Å². The van der Waals surface area contributed by atoms with Gasteiger partial charge < -0.3 is 9.64 Å². The minimum Gasteiger partial charge on any atom is -0.455 e. The molecule has 2 heterocycles. The zero-order chi connectivity index (χ0) is 15.0. The molecule has 1 amide bonds. The largest absolute Gasteiger partial charge is 0.455 e. The van der Waals surface area contributed by atoms with Crippen LogP contribution in [0.25, 0.3) is 0 Å². The Morgan fingerprint density at radius 3 is 2.71 bits per heavy atom. The second-order valence-electron chi connectivity index (χ2n) is 5.17. The molecule has 2 aromatic rings. The summed E-state index contributed by atoms with van der Waals surface area (Å²) in [5, 5.41) is 0. The number of ether oxygens (including phenoxy) is 1. The van der Waals surface area contributed by atoms with E-state index in [9.17, 15) is 4.79 Å². The summed E-state index contributed by atoms with van der Waals surface area (Å²) < 4.78 is 5.79. The fourth-order valence-electron chi connectivity index (χ4n) is 2.43. The number of carbonyl (C=O) groups excluding carboxylic acids is 1. The highest BCUT2D eigenvalue weighted by Gasteiger charge is 2.48. The van der Waals surface area contributed by atoms with Crippen molar-refractivity contribution in [3.8, 4) is 5.75 Å². The number of carbonyl (C=O) groups is 1. The van der Waals surface area contributed by atoms with Gasteiger partial charge in [0.2, 0.25) is 0 Å². The van der Waals surface area contributed by atoms with E-state index in [4.69, 9.17) is 10.5 Å². The molecule has 6 heteroatoms. The number of fused-ring (bicyclic) bond motifs is 1. The van der Waals surface area contributed by atoms with Gasteiger partial charge in [-0.15, -0.1) is 0 Å². The molecule has 0 saturated heterocycles. The third kappa shape index (κ3) is 2.04. The van der Waals surface area contributed by atoms with Crippen LogP contribution in [-0.4, -0.2) is 21.9 Å². The van der Waals surface area contributed by atoms with E-state index in [1.54, 1.807) is 17.0 Å². The predicted molar refractivity (Wildman–Crippen MR) is 77.6 cm³/mol. The summed E-state index contributed by atoms with van der Waals surface area (Å²) in [7, 11) is 0. The molecule has 1 aliphatic heterocycles. The van der Waals surface area contributed by atoms with Crippen molar-refractivity contribution in [1.29, 1.82) is 0 Å². The fraction of sp³-hybridized carbons (Fsp3) is 0.267. The molecular weight excluding hydrogens is 268 g/mol. The Morgan fingerprint density at radius 2 is 2.05 bits per heavy atom. The molecule has 3 rings (SSSR count). The third-order valence-corrected chi connectivity index (χ3v) is 3.41. The molecule has 1 aliphatic rings. The van der Waals surface area contributed by atoms with Gasteiger partial charge in [0.25, 0.3) is 11.6 Å². The summed E-state index contributed by atoms with van der Waals surface area (Å²) in [4.78, 5) is 22.4. The van der Waals surface area contributed by atoms with Crippen LogP contribution in [0, 0.1) is 0 Å². The molecule has 0 bridgehead atoms. The van der Waals surface area contributed by atoms with E-state index >= 15 is 0 Å². The maximum Gasteiger partial charge on any atom is 0.293 e. The highest BCUT2D eigenvalue weighted by atomic mass is 16.5. The first kappa shape index (κ1) is 13.5. The van der Waals surface area contributed by atoms with Gasteiger partial charge in [0.05, 0.1) is 5.69 Å². The first-order valence-corrected chi connectivity index (χ1v) is 6.71. The Kier molecular flexibility index (Phi) is 3.10. The smallest absolute Gasteiger partial charge is 0.293 e. The van der Waals surface area contributed by atoms with Crippen molar-refractivity contribution in [2.45, 2.75) is 25.6 Å². The van der Waals surface area contributed by atoms with E-state index in [0.717, 1.165) is 0 Å². The van der Waals surface area contributed by atoms with Crippen LogP contribution in [0.2, 0.25) is 0 Å². The summed E-state index contributed by atoms with van der Waals surface area (Å²) >= 11 is 0. The first-order chi connectivity index (χ1) is 10.0. The number of para-hydroxylation sites is 2. The summed E-state index contributed by atoms with van der Waals surface area (Å²) in [6, 6.07) is 8.87. The zero-order valence-electron chi connectivity index (χ0n) is 11.9. The highest BCUT2D eigenvalue weighted by molar-refractivity contribution is 6.03. The molecule has 0 radical (unpaired) electrons. The van der Waals surface area contributed by atoms with Crippen LogP contribution in [0.3, 0.4) is 0 Å². The van der Waals surface area contributed by atoms with E-state index in [1.807, 2.05) is 32.0 Å². The molecule has 0 aliphatic carbocycles. The van der Waals surface area contributed by atoms with Gasteiger partial charge in [-0.25, -0.2) is 9.97 Å². The number of nitrogens with zero attached hydrogens (tertiary/aromatic N) is 3. The average Bonchev–Trinajstić information content (AvgIpc) is 2.49. The van der Waals surface area contributed by atoms with Crippen LogP contribution in [-0.2, 0) is 10.5 Å². The number of hydrogen-bond acceptors (Lipinski definition) is 5. The van der Waals surface area contributed by atoms with Crippen molar-refractivity contribution >= 4 is 11.6 Å². The van der Waals surface area contributed by atoms with Crippen LogP contribution >= 0.6 is 0 Å². The van der Waals surface area contributed by atoms with Gasteiger partial charge in [-0.05, 0) is 32.0 Å². The second-order valence-corrected chi connectivity index (χ2v) is 5.17. The van der Waals surface area contributed by atoms with Crippen LogP contribution in [0.4, 0.5) is 5.69 Å². The van der Waals surface area contributed by atoms with Crippen molar-refractivity contribution in [3.05, 3.63) is 48.5 Å². The monoisotopic (exact) mass is 284 g/mol. The average molecular weight is 284 g/mol. The van der Waals surface area contributed by atoms with E-state index in [2.05, 4.69) is 9.97 Å². The molecule has 6 nitrogen and oxygen atoms in total. The predicted octanol–water partition coefficient (Wildman–Crippen LogP) is 1.42. The normalized spacial score (nSPS) is 21.1. The topological polar surface area (TPSA) is 81.3 Å². The van der Waals surface area contributed by atoms with E-state index < -0.39 is 5.72 Å². The lowest BCUT2D eigenvalue weighted by Crippen LogP contribution is -2.61. The molecular formula is C15H16N4O2. The number of anilines is 1. The Bertz CT molecular complexity index is 674. The van der Waals surface area contributed by atoms with Crippen LogP contribution in [0.5, 0.6) is 5.75 Å². The van der Waals surface area contributed by atoms with Gasteiger partial charge >= 0.3 is 0 Å². The van der Waals surface area contributed by atoms with Crippen molar-refractivity contribution in [2.24, 2.45) is 5.73 Å². The highest BCUT2D eigenvalue weighted by Crippen LogP contribution is 2.40. The van der Waals surface area contributed by atoms with Gasteiger partial charge in [0.1, 0.15) is 17.8 Å². The van der Waals surface area contributed by atoms with E-state index in [0.29, 0.717) is 17.1 Å². The summed E-state index contributed by atoms with van der Waals surface area (Å²) in [6.07, 6.45) is 2.88. The van der Waals surface area contributed by atoms with E-state index in [1.165, 1.54) is 12.5 Å². The van der Waals surface area contributed by atoms with E-state index in [-0.39, 0.29) is 11.9 Å². The van der Waals surface area contributed by atoms with Gasteiger partial charge in [-0.1, -0.05) is 12.1 Å². The summed E-state index contributed by atoms with van der Waals surface area (Å²) in [6.45, 7) is 3.86. The molecule has 2 N–H and O–H groups in total. The molecule has 0 fully saturated rings. The summed E-state index contributed by atoms with van der Waals surface area (Å²) in [5.74, 6) is 0.224. The molecule has 1 aromatic heterocycles. The van der Waals surface area contributed by atoms with Gasteiger partial charge in [0, 0.05) is 12.2 Å². The molecule has 0 saturated carbocycles. The van der Waals surface area contributed by atoms with Crippen LogP contribution in [0.1, 0.15) is 19.5 Å². The van der Waals surface area contributed by atoms with Gasteiger partial charge in [-0.2, -0.15) is 0 Å². The molecule has 0 spiro atoms. The Hall–Kier alpha value is -2.47. The van der Waals surface area contributed by atoms with Crippen molar-refractivity contribution in [2.75, 3.05) is 4.90 Å². The maximum atomic E-state index is 12.9. The molecule has 1 unspecified atom stereocenters. The van der Waals surface area contributed by atoms with Gasteiger partial charge in [-0.3, -0.25) is 10.5 Å². The number of rotatable bonds is 2. The standard InChI is InChI=1S/C15H16N4O2/c1-10(2)19-11-5-3-4-6-12(11)21-15(16,14(19)20)13-7-8-17-9-18-13/h3-10H,16H2,1-2H3. The SMILES string of the molecule is CC(C)N1C(=O)C(N)(c2ccncn2)Oc2ccccc21. The summed E-state index contributed by atoms with van der Waals surface area (Å²) in [5.41, 5.74) is 5.68. The number of benzene rings is 1. The number of amides is 1. The fourth-order valence-corrected chi connectivity index (χ4v) is 2.43. The Morgan fingerprint density at radius 1 is 1.29 bits per heavy atom. The quantitative estimate of drug-likeness (QED) is 0.902. The first-order valence-electron chi connectivity index (χ1n) is 6.71. The zero-order valence-corrected chi connectivity index (χ0v) is 11.9. The lowest BCUT2D eigenvalue weighted by Gasteiger charge is -2.41. The second kappa shape index (κ2) is 4.82. The molecule has 1 aromatic carbocycles. The lowest BCUT2D eigenvalue weighted by molar-refractivity contribution is -0.137. The number of nitrogens with two attached hydrogens (primary N) is 1. The van der Waals surface area contributed by atoms with Crippen LogP contribution < -0.4 is 15.4 Å². The number of aromatic nitrogens is 2. The van der Waals surface area contributed by atoms with Crippen molar-refractivity contribution in [1.82, 2.24) is 9.97 Å². The Balaban J connectivity index is 2.16. The molecule has 21 heavy (non-hydrogen) atoms. The lowest BCUT2D eigenvalue weighted by atomic mass is 10.0. The molecule has 108 valence electrons. The minimum absolute atomic E-state index is 0.0488.